The van der Waals surface area contributed by atoms with E-state index >= 15 is 0 Å². The molecule has 0 saturated carbocycles. The fourth-order valence-electron chi connectivity index (χ4n) is 3.36. The van der Waals surface area contributed by atoms with Gasteiger partial charge in [-0.05, 0) is 61.2 Å². The molecule has 5 nitrogen and oxygen atoms in total. The predicted octanol–water partition coefficient (Wildman–Crippen LogP) is 3.81. The number of rotatable bonds is 8. The maximum Gasteiger partial charge on any atom is 0.234 e. The van der Waals surface area contributed by atoms with Gasteiger partial charge >= 0.3 is 0 Å². The van der Waals surface area contributed by atoms with Crippen molar-refractivity contribution in [3.05, 3.63) is 58.1 Å². The smallest absolute Gasteiger partial charge is 0.234 e. The summed E-state index contributed by atoms with van der Waals surface area (Å²) in [7, 11) is 0. The zero-order valence-electron chi connectivity index (χ0n) is 16.5. The van der Waals surface area contributed by atoms with E-state index in [0.717, 1.165) is 36.6 Å². The van der Waals surface area contributed by atoms with Crippen LogP contribution in [0.5, 0.6) is 11.5 Å². The fraction of sp³-hybridized carbons (Fsp3) is 0.409. The minimum atomic E-state index is 0.0226. The van der Waals surface area contributed by atoms with Crippen molar-refractivity contribution in [1.29, 1.82) is 0 Å². The van der Waals surface area contributed by atoms with Gasteiger partial charge in [0, 0.05) is 24.7 Å². The molecular formula is C22H27ClN2O3. The van der Waals surface area contributed by atoms with Crippen molar-refractivity contribution >= 4 is 17.5 Å². The number of benzene rings is 2. The van der Waals surface area contributed by atoms with E-state index in [2.05, 4.69) is 22.3 Å². The zero-order chi connectivity index (χ0) is 19.9. The second-order valence-electron chi connectivity index (χ2n) is 6.80. The van der Waals surface area contributed by atoms with Gasteiger partial charge in [-0.3, -0.25) is 9.69 Å². The zero-order valence-corrected chi connectivity index (χ0v) is 17.2. The highest BCUT2D eigenvalue weighted by Gasteiger charge is 2.21. The van der Waals surface area contributed by atoms with Crippen LogP contribution in [0.3, 0.4) is 0 Å². The number of nitrogens with zero attached hydrogens (tertiary/aromatic N) is 1. The number of amides is 1. The van der Waals surface area contributed by atoms with Crippen molar-refractivity contribution in [1.82, 2.24) is 10.2 Å². The second-order valence-corrected chi connectivity index (χ2v) is 7.23. The molecule has 1 heterocycles. The van der Waals surface area contributed by atoms with E-state index in [1.807, 2.05) is 38.1 Å². The lowest BCUT2D eigenvalue weighted by Gasteiger charge is -2.29. The first-order valence-corrected chi connectivity index (χ1v) is 10.1. The Labute approximate surface area is 171 Å². The SMILES string of the molecule is CCOc1cc2c(cc1OCC)CN(CC(=O)NCc1ccc(Cl)cc1)CC2. The number of hydrogen-bond acceptors (Lipinski definition) is 4. The van der Waals surface area contributed by atoms with Crippen molar-refractivity contribution in [3.8, 4) is 11.5 Å². The van der Waals surface area contributed by atoms with E-state index in [0.29, 0.717) is 31.3 Å². The highest BCUT2D eigenvalue weighted by molar-refractivity contribution is 6.30. The van der Waals surface area contributed by atoms with Crippen molar-refractivity contribution in [2.75, 3.05) is 26.3 Å². The van der Waals surface area contributed by atoms with E-state index in [1.54, 1.807) is 0 Å². The van der Waals surface area contributed by atoms with Crippen LogP contribution in [0, 0.1) is 0 Å². The van der Waals surface area contributed by atoms with Crippen LogP contribution >= 0.6 is 11.6 Å². The number of hydrogen-bond donors (Lipinski definition) is 1. The first kappa shape index (κ1) is 20.5. The lowest BCUT2D eigenvalue weighted by molar-refractivity contribution is -0.122. The van der Waals surface area contributed by atoms with Crippen LogP contribution in [0.15, 0.2) is 36.4 Å². The van der Waals surface area contributed by atoms with Crippen molar-refractivity contribution in [3.63, 3.8) is 0 Å². The molecule has 1 aliphatic rings. The van der Waals surface area contributed by atoms with Crippen LogP contribution in [0.2, 0.25) is 5.02 Å². The molecule has 3 rings (SSSR count). The van der Waals surface area contributed by atoms with Gasteiger partial charge in [0.25, 0.3) is 0 Å². The summed E-state index contributed by atoms with van der Waals surface area (Å²) in [5.74, 6) is 1.60. The number of ether oxygens (including phenoxy) is 2. The number of nitrogens with one attached hydrogen (secondary N) is 1. The first-order chi connectivity index (χ1) is 13.6. The van der Waals surface area contributed by atoms with Crippen molar-refractivity contribution < 1.29 is 14.3 Å². The Morgan fingerprint density at radius 1 is 1.07 bits per heavy atom. The Kier molecular flexibility index (Phi) is 7.18. The summed E-state index contributed by atoms with van der Waals surface area (Å²) in [6.07, 6.45) is 0.895. The quantitative estimate of drug-likeness (QED) is 0.729. The highest BCUT2D eigenvalue weighted by atomic mass is 35.5. The third-order valence-electron chi connectivity index (χ3n) is 4.73. The fourth-order valence-corrected chi connectivity index (χ4v) is 3.48. The average molecular weight is 403 g/mol. The van der Waals surface area contributed by atoms with E-state index in [4.69, 9.17) is 21.1 Å². The molecule has 0 unspecified atom stereocenters. The molecule has 150 valence electrons. The summed E-state index contributed by atoms with van der Waals surface area (Å²) in [6.45, 7) is 7.61. The molecule has 0 radical (unpaired) electrons. The third kappa shape index (κ3) is 5.40. The van der Waals surface area contributed by atoms with E-state index in [-0.39, 0.29) is 5.91 Å². The highest BCUT2D eigenvalue weighted by Crippen LogP contribution is 2.33. The monoisotopic (exact) mass is 402 g/mol. The minimum Gasteiger partial charge on any atom is -0.490 e. The Morgan fingerprint density at radius 3 is 2.36 bits per heavy atom. The van der Waals surface area contributed by atoms with Gasteiger partial charge in [-0.1, -0.05) is 23.7 Å². The van der Waals surface area contributed by atoms with Crippen LogP contribution in [-0.2, 0) is 24.3 Å². The van der Waals surface area contributed by atoms with Crippen molar-refractivity contribution in [2.24, 2.45) is 0 Å². The molecule has 0 spiro atoms. The second kappa shape index (κ2) is 9.80. The first-order valence-electron chi connectivity index (χ1n) is 9.74. The van der Waals surface area contributed by atoms with Crippen molar-refractivity contribution in [2.45, 2.75) is 33.4 Å². The number of fused-ring (bicyclic) bond motifs is 1. The van der Waals surface area contributed by atoms with Gasteiger partial charge in [-0.2, -0.15) is 0 Å². The van der Waals surface area contributed by atoms with Gasteiger partial charge < -0.3 is 14.8 Å². The summed E-state index contributed by atoms with van der Waals surface area (Å²) in [6, 6.07) is 11.6. The molecule has 0 saturated heterocycles. The molecule has 2 aromatic rings. The standard InChI is InChI=1S/C22H27ClN2O3/c1-3-27-20-11-17-9-10-25(14-18(17)12-21(20)28-4-2)15-22(26)24-13-16-5-7-19(23)8-6-16/h5-8,11-12H,3-4,9-10,13-15H2,1-2H3,(H,24,26). The summed E-state index contributed by atoms with van der Waals surface area (Å²) >= 11 is 5.89. The summed E-state index contributed by atoms with van der Waals surface area (Å²) in [5.41, 5.74) is 3.50. The minimum absolute atomic E-state index is 0.0226. The van der Waals surface area contributed by atoms with Crippen LogP contribution in [0.4, 0.5) is 0 Å². The molecule has 1 N–H and O–H groups in total. The molecule has 6 heteroatoms. The summed E-state index contributed by atoms with van der Waals surface area (Å²) in [5, 5.41) is 3.67. The summed E-state index contributed by atoms with van der Waals surface area (Å²) < 4.78 is 11.5. The van der Waals surface area contributed by atoms with Gasteiger partial charge in [0.1, 0.15) is 0 Å². The van der Waals surface area contributed by atoms with Gasteiger partial charge in [-0.25, -0.2) is 0 Å². The van der Waals surface area contributed by atoms with Crippen LogP contribution in [0.25, 0.3) is 0 Å². The summed E-state index contributed by atoms with van der Waals surface area (Å²) in [4.78, 5) is 14.5. The Balaban J connectivity index is 1.58. The molecule has 1 amide bonds. The molecule has 0 aromatic heterocycles. The molecule has 0 aliphatic carbocycles. The molecule has 2 aromatic carbocycles. The topological polar surface area (TPSA) is 50.8 Å². The lowest BCUT2D eigenvalue weighted by atomic mass is 9.98. The van der Waals surface area contributed by atoms with Gasteiger partial charge in [0.15, 0.2) is 11.5 Å². The molecule has 28 heavy (non-hydrogen) atoms. The Bertz CT molecular complexity index is 808. The molecule has 1 aliphatic heterocycles. The molecule has 0 fully saturated rings. The van der Waals surface area contributed by atoms with E-state index in [1.165, 1.54) is 11.1 Å². The van der Waals surface area contributed by atoms with Crippen LogP contribution in [0.1, 0.15) is 30.5 Å². The van der Waals surface area contributed by atoms with Gasteiger partial charge in [0.05, 0.1) is 19.8 Å². The Hall–Kier alpha value is -2.24. The maximum atomic E-state index is 12.3. The molecule has 0 bridgehead atoms. The van der Waals surface area contributed by atoms with E-state index < -0.39 is 0 Å². The lowest BCUT2D eigenvalue weighted by Crippen LogP contribution is -2.39. The van der Waals surface area contributed by atoms with E-state index in [9.17, 15) is 4.79 Å². The normalized spacial score (nSPS) is 13.7. The molecule has 0 atom stereocenters. The number of carbonyl (C=O) groups is 1. The maximum absolute atomic E-state index is 12.3. The predicted molar refractivity (Wildman–Crippen MR) is 111 cm³/mol. The third-order valence-corrected chi connectivity index (χ3v) is 4.98. The van der Waals surface area contributed by atoms with Gasteiger partial charge in [0.2, 0.25) is 5.91 Å². The van der Waals surface area contributed by atoms with Gasteiger partial charge in [-0.15, -0.1) is 0 Å². The van der Waals surface area contributed by atoms with Crippen LogP contribution in [-0.4, -0.2) is 37.1 Å². The Morgan fingerprint density at radius 2 is 1.71 bits per heavy atom. The van der Waals surface area contributed by atoms with Crippen LogP contribution < -0.4 is 14.8 Å². The number of halogens is 1. The largest absolute Gasteiger partial charge is 0.490 e. The molecular weight excluding hydrogens is 376 g/mol. The number of carbonyl (C=O) groups excluding carboxylic acids is 1. The average Bonchev–Trinajstić information content (AvgIpc) is 2.68.